The lowest BCUT2D eigenvalue weighted by atomic mass is 9.92. The number of carbonyl (C=O) groups excluding carboxylic acids is 1. The molecule has 0 saturated carbocycles. The summed E-state index contributed by atoms with van der Waals surface area (Å²) in [5.41, 5.74) is 2.32. The Morgan fingerprint density at radius 1 is 1.52 bits per heavy atom. The Hall–Kier alpha value is -2.13. The molecule has 6 nitrogen and oxygen atoms in total. The number of methoxy groups -OCH3 is 1. The van der Waals surface area contributed by atoms with Crippen LogP contribution in [0.25, 0.3) is 0 Å². The van der Waals surface area contributed by atoms with Crippen LogP contribution in [0.1, 0.15) is 30.5 Å². The largest absolute Gasteiger partial charge is 0.481 e. The van der Waals surface area contributed by atoms with E-state index in [4.69, 9.17) is 10.00 Å². The Kier molecular flexibility index (Phi) is 4.77. The third kappa shape index (κ3) is 3.45. The highest BCUT2D eigenvalue weighted by molar-refractivity contribution is 5.79. The number of likely N-dealkylation sites (tertiary alicyclic amines) is 1. The smallest absolute Gasteiger partial charge is 0.237 e. The van der Waals surface area contributed by atoms with Gasteiger partial charge in [-0.25, -0.2) is 4.98 Å². The van der Waals surface area contributed by atoms with E-state index in [1.807, 2.05) is 6.07 Å². The van der Waals surface area contributed by atoms with Crippen molar-refractivity contribution in [3.63, 3.8) is 0 Å². The maximum Gasteiger partial charge on any atom is 0.237 e. The molecular formula is C17H22N4O2. The Bertz CT molecular complexity index is 626. The molecule has 2 atom stereocenters. The van der Waals surface area contributed by atoms with Crippen LogP contribution in [-0.2, 0) is 17.6 Å². The fourth-order valence-corrected chi connectivity index (χ4v) is 3.41. The first-order valence-electron chi connectivity index (χ1n) is 8.16. The van der Waals surface area contributed by atoms with Gasteiger partial charge in [0.2, 0.25) is 11.8 Å². The number of amides is 1. The first kappa shape index (κ1) is 15.8. The highest BCUT2D eigenvalue weighted by atomic mass is 16.5. The number of pyridine rings is 1. The van der Waals surface area contributed by atoms with Crippen LogP contribution in [0, 0.1) is 11.3 Å². The molecule has 6 heteroatoms. The summed E-state index contributed by atoms with van der Waals surface area (Å²) in [6, 6.07) is 6.20. The van der Waals surface area contributed by atoms with Crippen molar-refractivity contribution in [2.45, 2.75) is 44.2 Å². The predicted octanol–water partition coefficient (Wildman–Crippen LogP) is 1.05. The highest BCUT2D eigenvalue weighted by Gasteiger charge is 2.29. The molecule has 1 saturated heterocycles. The summed E-state index contributed by atoms with van der Waals surface area (Å²) in [5.74, 6) is 0.689. The molecule has 1 aromatic heterocycles. The molecule has 1 aromatic rings. The summed E-state index contributed by atoms with van der Waals surface area (Å²) in [7, 11) is 1.63. The number of carbonyl (C=O) groups is 1. The van der Waals surface area contributed by atoms with E-state index < -0.39 is 0 Å². The second kappa shape index (κ2) is 6.97. The molecule has 1 unspecified atom stereocenters. The maximum absolute atomic E-state index is 12.3. The van der Waals surface area contributed by atoms with Gasteiger partial charge in [-0.05, 0) is 37.7 Å². The van der Waals surface area contributed by atoms with Crippen molar-refractivity contribution in [1.29, 1.82) is 5.26 Å². The molecule has 2 aliphatic rings. The van der Waals surface area contributed by atoms with E-state index in [1.54, 1.807) is 12.0 Å². The predicted molar refractivity (Wildman–Crippen MR) is 85.0 cm³/mol. The van der Waals surface area contributed by atoms with Crippen LogP contribution in [0.3, 0.4) is 0 Å². The van der Waals surface area contributed by atoms with Crippen molar-refractivity contribution in [3.05, 3.63) is 23.4 Å². The van der Waals surface area contributed by atoms with Gasteiger partial charge in [0.15, 0.2) is 0 Å². The van der Waals surface area contributed by atoms with Crippen LogP contribution in [0.4, 0.5) is 0 Å². The van der Waals surface area contributed by atoms with Gasteiger partial charge in [-0.3, -0.25) is 4.79 Å². The van der Waals surface area contributed by atoms with Gasteiger partial charge >= 0.3 is 0 Å². The number of nitrogens with zero attached hydrogens (tertiary/aromatic N) is 3. The molecule has 2 heterocycles. The molecule has 1 N–H and O–H groups in total. The monoisotopic (exact) mass is 314 g/mol. The van der Waals surface area contributed by atoms with Gasteiger partial charge in [0.05, 0.1) is 19.7 Å². The fourth-order valence-electron chi connectivity index (χ4n) is 3.41. The quantitative estimate of drug-likeness (QED) is 0.899. The minimum atomic E-state index is -0.243. The number of nitrogens with one attached hydrogen (secondary N) is 1. The highest BCUT2D eigenvalue weighted by Crippen LogP contribution is 2.22. The Labute approximate surface area is 136 Å². The average molecular weight is 314 g/mol. The van der Waals surface area contributed by atoms with E-state index in [0.717, 1.165) is 37.8 Å². The summed E-state index contributed by atoms with van der Waals surface area (Å²) in [4.78, 5) is 18.5. The van der Waals surface area contributed by atoms with Crippen LogP contribution >= 0.6 is 0 Å². The van der Waals surface area contributed by atoms with Gasteiger partial charge in [0.25, 0.3) is 0 Å². The summed E-state index contributed by atoms with van der Waals surface area (Å²) >= 11 is 0. The second-order valence-electron chi connectivity index (χ2n) is 6.15. The molecule has 1 fully saturated rings. The minimum Gasteiger partial charge on any atom is -0.481 e. The number of aromatic nitrogens is 1. The lowest BCUT2D eigenvalue weighted by Gasteiger charge is -2.26. The number of rotatable bonds is 4. The Morgan fingerprint density at radius 3 is 3.17 bits per heavy atom. The van der Waals surface area contributed by atoms with E-state index in [2.05, 4.69) is 22.4 Å². The molecule has 23 heavy (non-hydrogen) atoms. The lowest BCUT2D eigenvalue weighted by Crippen LogP contribution is -2.44. The normalized spacial score (nSPS) is 23.2. The summed E-state index contributed by atoms with van der Waals surface area (Å²) in [6.45, 7) is 1.01. The van der Waals surface area contributed by atoms with Crippen LogP contribution in [0.15, 0.2) is 12.1 Å². The number of fused-ring (bicyclic) bond motifs is 1. The van der Waals surface area contributed by atoms with E-state index in [-0.39, 0.29) is 18.0 Å². The average Bonchev–Trinajstić information content (AvgIpc) is 3.07. The molecule has 0 spiro atoms. The first-order valence-corrected chi connectivity index (χ1v) is 8.16. The molecule has 3 rings (SSSR count). The number of ether oxygens (including phenoxy) is 1. The molecule has 1 amide bonds. The van der Waals surface area contributed by atoms with E-state index in [0.29, 0.717) is 19.0 Å². The lowest BCUT2D eigenvalue weighted by molar-refractivity contribution is -0.130. The standard InChI is InChI=1S/C17H22N4O2/c1-23-16-7-4-12-9-13(5-6-15(12)20-16)19-11-17(22)21-8-2-3-14(21)10-18/h4,7,13-14,19H,2-3,5-6,8-9,11H2,1H3/t13?,14-/m0/s1. The molecular weight excluding hydrogens is 292 g/mol. The van der Waals surface area contributed by atoms with Crippen LogP contribution < -0.4 is 10.1 Å². The number of hydrogen-bond acceptors (Lipinski definition) is 5. The van der Waals surface area contributed by atoms with Gasteiger partial charge in [0.1, 0.15) is 6.04 Å². The summed E-state index contributed by atoms with van der Waals surface area (Å²) in [6.07, 6.45) is 4.45. The van der Waals surface area contributed by atoms with E-state index >= 15 is 0 Å². The van der Waals surface area contributed by atoms with Gasteiger partial charge < -0.3 is 15.0 Å². The topological polar surface area (TPSA) is 78.2 Å². The van der Waals surface area contributed by atoms with Crippen LogP contribution in [0.2, 0.25) is 0 Å². The molecule has 0 bridgehead atoms. The van der Waals surface area contributed by atoms with Gasteiger partial charge in [-0.15, -0.1) is 0 Å². The van der Waals surface area contributed by atoms with Crippen molar-refractivity contribution in [2.75, 3.05) is 20.2 Å². The summed E-state index contributed by atoms with van der Waals surface area (Å²) < 4.78 is 5.16. The molecule has 0 aromatic carbocycles. The maximum atomic E-state index is 12.3. The second-order valence-corrected chi connectivity index (χ2v) is 6.15. The molecule has 1 aliphatic carbocycles. The molecule has 122 valence electrons. The number of aryl methyl sites for hydroxylation is 1. The summed E-state index contributed by atoms with van der Waals surface area (Å²) in [5, 5.41) is 12.4. The van der Waals surface area contributed by atoms with Crippen molar-refractivity contribution in [2.24, 2.45) is 0 Å². The van der Waals surface area contributed by atoms with Gasteiger partial charge in [-0.2, -0.15) is 5.26 Å². The Morgan fingerprint density at radius 2 is 2.39 bits per heavy atom. The minimum absolute atomic E-state index is 0.0349. The third-order valence-corrected chi connectivity index (χ3v) is 4.71. The van der Waals surface area contributed by atoms with Crippen molar-refractivity contribution in [3.8, 4) is 11.9 Å². The van der Waals surface area contributed by atoms with E-state index in [9.17, 15) is 4.79 Å². The van der Waals surface area contributed by atoms with Gasteiger partial charge in [0, 0.05) is 24.3 Å². The van der Waals surface area contributed by atoms with Crippen LogP contribution in [0.5, 0.6) is 5.88 Å². The fraction of sp³-hybridized carbons (Fsp3) is 0.588. The van der Waals surface area contributed by atoms with Gasteiger partial charge in [-0.1, -0.05) is 6.07 Å². The molecule has 1 aliphatic heterocycles. The zero-order valence-corrected chi connectivity index (χ0v) is 13.4. The zero-order valence-electron chi connectivity index (χ0n) is 13.4. The number of hydrogen-bond donors (Lipinski definition) is 1. The molecule has 0 radical (unpaired) electrons. The SMILES string of the molecule is COc1ccc2c(n1)CCC(NCC(=O)N1CCC[C@H]1C#N)C2. The van der Waals surface area contributed by atoms with Crippen LogP contribution in [-0.4, -0.2) is 48.1 Å². The van der Waals surface area contributed by atoms with E-state index in [1.165, 1.54) is 5.56 Å². The van der Waals surface area contributed by atoms with Crippen molar-refractivity contribution in [1.82, 2.24) is 15.2 Å². The van der Waals surface area contributed by atoms with Crippen molar-refractivity contribution < 1.29 is 9.53 Å². The Balaban J connectivity index is 1.54. The van der Waals surface area contributed by atoms with Crippen molar-refractivity contribution >= 4 is 5.91 Å². The first-order chi connectivity index (χ1) is 11.2. The number of nitriles is 1. The zero-order chi connectivity index (χ0) is 16.2. The third-order valence-electron chi connectivity index (χ3n) is 4.71.